The molecular weight excluding hydrogens is 260 g/mol. The van der Waals surface area contributed by atoms with Crippen LogP contribution in [0.2, 0.25) is 0 Å². The van der Waals surface area contributed by atoms with Crippen LogP contribution in [0.5, 0.6) is 5.75 Å². The molecule has 0 spiro atoms. The SMILES string of the molecule is O=c1cc(CN(CCO)Cc2cccnc2)occ1O. The Morgan fingerprint density at radius 2 is 2.20 bits per heavy atom. The Hall–Kier alpha value is -2.18. The molecule has 0 saturated heterocycles. The van der Waals surface area contributed by atoms with Crippen LogP contribution in [-0.4, -0.2) is 33.2 Å². The maximum absolute atomic E-state index is 11.3. The summed E-state index contributed by atoms with van der Waals surface area (Å²) in [5.41, 5.74) is 0.527. The summed E-state index contributed by atoms with van der Waals surface area (Å²) in [5.74, 6) is 0.0276. The quantitative estimate of drug-likeness (QED) is 0.809. The molecule has 2 N–H and O–H groups in total. The predicted molar refractivity (Wildman–Crippen MR) is 72.1 cm³/mol. The maximum atomic E-state index is 11.3. The summed E-state index contributed by atoms with van der Waals surface area (Å²) in [5, 5.41) is 18.3. The minimum atomic E-state index is -0.475. The van der Waals surface area contributed by atoms with E-state index in [-0.39, 0.29) is 6.61 Å². The van der Waals surface area contributed by atoms with Crippen LogP contribution in [-0.2, 0) is 13.1 Å². The molecule has 2 aromatic heterocycles. The molecule has 0 aliphatic rings. The average Bonchev–Trinajstić information content (AvgIpc) is 2.44. The molecule has 0 aliphatic heterocycles. The lowest BCUT2D eigenvalue weighted by Gasteiger charge is -2.20. The van der Waals surface area contributed by atoms with Crippen molar-refractivity contribution < 1.29 is 14.6 Å². The number of hydrogen-bond acceptors (Lipinski definition) is 6. The third-order valence-electron chi connectivity index (χ3n) is 2.79. The molecule has 2 aromatic rings. The minimum absolute atomic E-state index is 0.00256. The van der Waals surface area contributed by atoms with E-state index in [2.05, 4.69) is 4.98 Å². The molecule has 20 heavy (non-hydrogen) atoms. The summed E-state index contributed by atoms with van der Waals surface area (Å²) >= 11 is 0. The Morgan fingerprint density at radius 3 is 2.85 bits per heavy atom. The first-order valence-electron chi connectivity index (χ1n) is 6.22. The van der Waals surface area contributed by atoms with Crippen molar-refractivity contribution >= 4 is 0 Å². The fourth-order valence-electron chi connectivity index (χ4n) is 1.85. The Bertz CT molecular complexity index is 598. The van der Waals surface area contributed by atoms with Crippen LogP contribution in [0.4, 0.5) is 0 Å². The highest BCUT2D eigenvalue weighted by Crippen LogP contribution is 2.10. The molecular formula is C14H16N2O4. The monoisotopic (exact) mass is 276 g/mol. The van der Waals surface area contributed by atoms with Gasteiger partial charge in [0.25, 0.3) is 0 Å². The Balaban J connectivity index is 2.08. The van der Waals surface area contributed by atoms with Gasteiger partial charge in [-0.15, -0.1) is 0 Å². The van der Waals surface area contributed by atoms with Crippen LogP contribution in [0.3, 0.4) is 0 Å². The van der Waals surface area contributed by atoms with Crippen molar-refractivity contribution in [2.75, 3.05) is 13.2 Å². The van der Waals surface area contributed by atoms with Crippen LogP contribution >= 0.6 is 0 Å². The van der Waals surface area contributed by atoms with E-state index in [0.717, 1.165) is 11.8 Å². The van der Waals surface area contributed by atoms with Gasteiger partial charge in [-0.25, -0.2) is 0 Å². The number of aliphatic hydroxyl groups excluding tert-OH is 1. The van der Waals surface area contributed by atoms with Crippen molar-refractivity contribution in [3.63, 3.8) is 0 Å². The van der Waals surface area contributed by atoms with Gasteiger partial charge in [0.2, 0.25) is 5.43 Å². The number of nitrogens with zero attached hydrogens (tertiary/aromatic N) is 2. The van der Waals surface area contributed by atoms with Gasteiger partial charge in [0.05, 0.1) is 13.2 Å². The number of aromatic hydroxyl groups is 1. The van der Waals surface area contributed by atoms with Crippen molar-refractivity contribution in [3.05, 3.63) is 58.4 Å². The summed E-state index contributed by atoms with van der Waals surface area (Å²) < 4.78 is 5.16. The smallest absolute Gasteiger partial charge is 0.226 e. The van der Waals surface area contributed by atoms with Gasteiger partial charge in [0.1, 0.15) is 12.0 Å². The molecule has 106 valence electrons. The second-order valence-electron chi connectivity index (χ2n) is 4.39. The van der Waals surface area contributed by atoms with Gasteiger partial charge in [-0.2, -0.15) is 0 Å². The largest absolute Gasteiger partial charge is 0.502 e. The molecule has 6 heteroatoms. The van der Waals surface area contributed by atoms with Gasteiger partial charge >= 0.3 is 0 Å². The summed E-state index contributed by atoms with van der Waals surface area (Å²) in [6, 6.07) is 5.03. The third kappa shape index (κ3) is 3.91. The second kappa shape index (κ2) is 6.83. The van der Waals surface area contributed by atoms with E-state index >= 15 is 0 Å². The molecule has 0 bridgehead atoms. The summed E-state index contributed by atoms with van der Waals surface area (Å²) in [7, 11) is 0. The Morgan fingerprint density at radius 1 is 1.35 bits per heavy atom. The van der Waals surface area contributed by atoms with E-state index < -0.39 is 11.2 Å². The zero-order valence-corrected chi connectivity index (χ0v) is 10.9. The van der Waals surface area contributed by atoms with Gasteiger partial charge in [-0.3, -0.25) is 14.7 Å². The van der Waals surface area contributed by atoms with E-state index in [1.54, 1.807) is 12.4 Å². The molecule has 6 nitrogen and oxygen atoms in total. The van der Waals surface area contributed by atoms with Crippen LogP contribution < -0.4 is 5.43 Å². The van der Waals surface area contributed by atoms with E-state index in [9.17, 15) is 4.79 Å². The summed E-state index contributed by atoms with van der Waals surface area (Å²) in [6.07, 6.45) is 4.47. The fraction of sp³-hybridized carbons (Fsp3) is 0.286. The van der Waals surface area contributed by atoms with Crippen LogP contribution in [0.25, 0.3) is 0 Å². The fourth-order valence-corrected chi connectivity index (χ4v) is 1.85. The zero-order chi connectivity index (χ0) is 14.4. The molecule has 0 aromatic carbocycles. The van der Waals surface area contributed by atoms with Crippen molar-refractivity contribution in [1.29, 1.82) is 0 Å². The third-order valence-corrected chi connectivity index (χ3v) is 2.79. The molecule has 0 unspecified atom stereocenters. The second-order valence-corrected chi connectivity index (χ2v) is 4.39. The molecule has 0 fully saturated rings. The van der Waals surface area contributed by atoms with E-state index in [4.69, 9.17) is 14.6 Å². The van der Waals surface area contributed by atoms with E-state index in [1.807, 2.05) is 17.0 Å². The molecule has 2 rings (SSSR count). The lowest BCUT2D eigenvalue weighted by atomic mass is 10.2. The molecule has 0 atom stereocenters. The van der Waals surface area contributed by atoms with Crippen molar-refractivity contribution in [2.45, 2.75) is 13.1 Å². The standard InChI is InChI=1S/C14H16N2O4/c17-5-4-16(8-11-2-1-3-15-7-11)9-12-6-13(18)14(19)10-20-12/h1-3,6-7,10,17,19H,4-5,8-9H2. The van der Waals surface area contributed by atoms with Crippen LogP contribution in [0, 0.1) is 0 Å². The summed E-state index contributed by atoms with van der Waals surface area (Å²) in [4.78, 5) is 17.3. The topological polar surface area (TPSA) is 86.8 Å². The van der Waals surface area contributed by atoms with Crippen LogP contribution in [0.1, 0.15) is 11.3 Å². The first-order valence-corrected chi connectivity index (χ1v) is 6.22. The van der Waals surface area contributed by atoms with Crippen molar-refractivity contribution in [2.24, 2.45) is 0 Å². The zero-order valence-electron chi connectivity index (χ0n) is 10.9. The van der Waals surface area contributed by atoms with Crippen molar-refractivity contribution in [1.82, 2.24) is 9.88 Å². The Kier molecular flexibility index (Phi) is 4.86. The van der Waals surface area contributed by atoms with Gasteiger partial charge in [0.15, 0.2) is 5.75 Å². The Labute approximate surface area is 115 Å². The van der Waals surface area contributed by atoms with Crippen molar-refractivity contribution in [3.8, 4) is 5.75 Å². The summed E-state index contributed by atoms with van der Waals surface area (Å²) in [6.45, 7) is 1.39. The first kappa shape index (κ1) is 14.2. The molecule has 0 aliphatic carbocycles. The first-order chi connectivity index (χ1) is 9.69. The highest BCUT2D eigenvalue weighted by atomic mass is 16.4. The van der Waals surface area contributed by atoms with Gasteiger partial charge < -0.3 is 14.6 Å². The molecule has 0 radical (unpaired) electrons. The van der Waals surface area contributed by atoms with Gasteiger partial charge in [0, 0.05) is 31.5 Å². The molecule has 0 amide bonds. The highest BCUT2D eigenvalue weighted by Gasteiger charge is 2.10. The molecule has 0 saturated carbocycles. The van der Waals surface area contributed by atoms with Crippen LogP contribution in [0.15, 0.2) is 46.1 Å². The van der Waals surface area contributed by atoms with E-state index in [0.29, 0.717) is 25.4 Å². The number of aromatic nitrogens is 1. The number of aliphatic hydroxyl groups is 1. The van der Waals surface area contributed by atoms with Gasteiger partial charge in [-0.1, -0.05) is 6.07 Å². The number of hydrogen-bond donors (Lipinski definition) is 2. The lowest BCUT2D eigenvalue weighted by molar-refractivity contribution is 0.173. The normalized spacial score (nSPS) is 10.9. The number of rotatable bonds is 6. The lowest BCUT2D eigenvalue weighted by Crippen LogP contribution is -2.26. The minimum Gasteiger partial charge on any atom is -0.502 e. The molecule has 2 heterocycles. The highest BCUT2D eigenvalue weighted by molar-refractivity contribution is 5.15. The van der Waals surface area contributed by atoms with E-state index in [1.165, 1.54) is 6.07 Å². The predicted octanol–water partition coefficient (Wildman–Crippen LogP) is 0.735. The average molecular weight is 276 g/mol. The number of pyridine rings is 1. The van der Waals surface area contributed by atoms with Gasteiger partial charge in [-0.05, 0) is 11.6 Å². The maximum Gasteiger partial charge on any atom is 0.226 e.